The van der Waals surface area contributed by atoms with Crippen LogP contribution in [-0.4, -0.2) is 14.9 Å². The Morgan fingerprint density at radius 3 is 2.17 bits per heavy atom. The van der Waals surface area contributed by atoms with Crippen molar-refractivity contribution in [3.63, 3.8) is 0 Å². The zero-order valence-electron chi connectivity index (χ0n) is 12.2. The third kappa shape index (κ3) is 3.29. The molecule has 112 valence electrons. The second-order valence-corrected chi connectivity index (χ2v) is 4.81. The smallest absolute Gasteiger partial charge is 0.258 e. The normalized spacial score (nSPS) is 10.1. The maximum atomic E-state index is 10.6. The summed E-state index contributed by atoms with van der Waals surface area (Å²) in [5, 5.41) is 12.6. The van der Waals surface area contributed by atoms with Gasteiger partial charge in [-0.15, -0.1) is 0 Å². The van der Waals surface area contributed by atoms with E-state index in [2.05, 4.69) is 22.1 Å². The molecule has 5 heteroatoms. The molecule has 0 atom stereocenters. The van der Waals surface area contributed by atoms with E-state index in [1.807, 2.05) is 30.5 Å². The predicted molar refractivity (Wildman–Crippen MR) is 90.1 cm³/mol. The number of para-hydroxylation sites is 2. The van der Waals surface area contributed by atoms with Gasteiger partial charge in [-0.3, -0.25) is 15.1 Å². The standard InChI is InChI=1S/C9H6N2O2.C9H7N/c12-11(13)8-5-1-3-7-4-2-6-10-9(7)8;1-2-6-9-8(4-1)5-3-7-10-9/h1-6H;1-7H. The number of nitro groups is 1. The minimum Gasteiger partial charge on any atom is -0.258 e. The number of hydrogen-bond acceptors (Lipinski definition) is 4. The second kappa shape index (κ2) is 6.62. The van der Waals surface area contributed by atoms with Crippen LogP contribution in [0.2, 0.25) is 0 Å². The lowest BCUT2D eigenvalue weighted by Crippen LogP contribution is -1.90. The molecule has 0 aliphatic heterocycles. The Kier molecular flexibility index (Phi) is 4.20. The minimum absolute atomic E-state index is 0.0538. The molecule has 0 aliphatic rings. The Morgan fingerprint density at radius 2 is 1.39 bits per heavy atom. The van der Waals surface area contributed by atoms with Gasteiger partial charge in [-0.1, -0.05) is 42.5 Å². The summed E-state index contributed by atoms with van der Waals surface area (Å²) in [5.41, 5.74) is 1.55. The van der Waals surface area contributed by atoms with Crippen LogP contribution < -0.4 is 0 Å². The highest BCUT2D eigenvalue weighted by Crippen LogP contribution is 2.22. The van der Waals surface area contributed by atoms with Gasteiger partial charge in [-0.2, -0.15) is 0 Å². The van der Waals surface area contributed by atoms with E-state index in [4.69, 9.17) is 0 Å². The van der Waals surface area contributed by atoms with Gasteiger partial charge in [0.25, 0.3) is 5.69 Å². The number of benzene rings is 2. The van der Waals surface area contributed by atoms with Crippen molar-refractivity contribution in [1.29, 1.82) is 0 Å². The molecule has 0 bridgehead atoms. The van der Waals surface area contributed by atoms with Crippen LogP contribution in [0.15, 0.2) is 79.1 Å². The molecule has 0 spiro atoms. The van der Waals surface area contributed by atoms with Gasteiger partial charge in [0.2, 0.25) is 0 Å². The number of nitrogens with zero attached hydrogens (tertiary/aromatic N) is 3. The maximum Gasteiger partial charge on any atom is 0.295 e. The van der Waals surface area contributed by atoms with Crippen molar-refractivity contribution >= 4 is 27.5 Å². The lowest BCUT2D eigenvalue weighted by atomic mass is 10.2. The Balaban J connectivity index is 0.000000140. The number of hydrogen-bond donors (Lipinski definition) is 0. The molecule has 5 nitrogen and oxygen atoms in total. The lowest BCUT2D eigenvalue weighted by Gasteiger charge is -1.96. The van der Waals surface area contributed by atoms with Gasteiger partial charge in [0.05, 0.1) is 10.4 Å². The fourth-order valence-electron chi connectivity index (χ4n) is 2.25. The topological polar surface area (TPSA) is 68.9 Å². The van der Waals surface area contributed by atoms with Crippen LogP contribution in [0.4, 0.5) is 5.69 Å². The Hall–Kier alpha value is -3.34. The zero-order chi connectivity index (χ0) is 16.1. The fourth-order valence-corrected chi connectivity index (χ4v) is 2.25. The summed E-state index contributed by atoms with van der Waals surface area (Å²) in [5.74, 6) is 0. The van der Waals surface area contributed by atoms with Crippen molar-refractivity contribution in [2.45, 2.75) is 0 Å². The fraction of sp³-hybridized carbons (Fsp3) is 0. The number of aromatic nitrogens is 2. The van der Waals surface area contributed by atoms with Crippen molar-refractivity contribution in [2.75, 3.05) is 0 Å². The first kappa shape index (κ1) is 14.6. The van der Waals surface area contributed by atoms with E-state index >= 15 is 0 Å². The van der Waals surface area contributed by atoms with Crippen LogP contribution in [-0.2, 0) is 0 Å². The third-order valence-corrected chi connectivity index (χ3v) is 3.32. The summed E-state index contributed by atoms with van der Waals surface area (Å²) in [4.78, 5) is 18.3. The molecule has 23 heavy (non-hydrogen) atoms. The van der Waals surface area contributed by atoms with E-state index in [-0.39, 0.29) is 5.69 Å². The largest absolute Gasteiger partial charge is 0.295 e. The minimum atomic E-state index is -0.421. The molecule has 0 radical (unpaired) electrons. The summed E-state index contributed by atoms with van der Waals surface area (Å²) in [6, 6.07) is 20.6. The monoisotopic (exact) mass is 303 g/mol. The molecule has 0 amide bonds. The molecule has 0 aliphatic carbocycles. The quantitative estimate of drug-likeness (QED) is 0.386. The van der Waals surface area contributed by atoms with E-state index in [9.17, 15) is 10.1 Å². The average Bonchev–Trinajstić information content (AvgIpc) is 2.62. The van der Waals surface area contributed by atoms with Crippen molar-refractivity contribution in [2.24, 2.45) is 0 Å². The number of non-ortho nitro benzene ring substituents is 1. The first-order valence-electron chi connectivity index (χ1n) is 7.03. The molecule has 2 aromatic heterocycles. The lowest BCUT2D eigenvalue weighted by molar-refractivity contribution is -0.383. The molecular weight excluding hydrogens is 290 g/mol. The summed E-state index contributed by atoms with van der Waals surface area (Å²) in [6.45, 7) is 0. The first-order chi connectivity index (χ1) is 11.3. The van der Waals surface area contributed by atoms with Crippen LogP contribution in [0.25, 0.3) is 21.8 Å². The highest BCUT2D eigenvalue weighted by Gasteiger charge is 2.10. The van der Waals surface area contributed by atoms with Gasteiger partial charge in [0.1, 0.15) is 5.52 Å². The average molecular weight is 303 g/mol. The van der Waals surface area contributed by atoms with Crippen LogP contribution >= 0.6 is 0 Å². The van der Waals surface area contributed by atoms with Crippen molar-refractivity contribution in [3.05, 3.63) is 89.2 Å². The molecular formula is C18H13N3O2. The highest BCUT2D eigenvalue weighted by molar-refractivity contribution is 5.86. The van der Waals surface area contributed by atoms with Gasteiger partial charge >= 0.3 is 0 Å². The van der Waals surface area contributed by atoms with E-state index in [1.165, 1.54) is 11.5 Å². The van der Waals surface area contributed by atoms with E-state index in [0.29, 0.717) is 5.52 Å². The molecule has 0 N–H and O–H groups in total. The van der Waals surface area contributed by atoms with Crippen molar-refractivity contribution in [3.8, 4) is 0 Å². The Morgan fingerprint density at radius 1 is 0.739 bits per heavy atom. The molecule has 4 rings (SSSR count). The SMILES string of the molecule is O=[N+]([O-])c1cccc2cccnc12.c1ccc2ncccc2c1. The van der Waals surface area contributed by atoms with Gasteiger partial charge < -0.3 is 0 Å². The van der Waals surface area contributed by atoms with Gasteiger partial charge in [0.15, 0.2) is 0 Å². The van der Waals surface area contributed by atoms with Crippen molar-refractivity contribution < 1.29 is 4.92 Å². The third-order valence-electron chi connectivity index (χ3n) is 3.32. The highest BCUT2D eigenvalue weighted by atomic mass is 16.6. The summed E-state index contributed by atoms with van der Waals surface area (Å²) >= 11 is 0. The number of rotatable bonds is 1. The maximum absolute atomic E-state index is 10.6. The predicted octanol–water partition coefficient (Wildman–Crippen LogP) is 4.38. The summed E-state index contributed by atoms with van der Waals surface area (Å²) < 4.78 is 0. The number of pyridine rings is 2. The molecule has 0 saturated carbocycles. The molecule has 4 aromatic rings. The van der Waals surface area contributed by atoms with E-state index in [1.54, 1.807) is 30.5 Å². The van der Waals surface area contributed by atoms with Gasteiger partial charge in [-0.25, -0.2) is 4.98 Å². The van der Waals surface area contributed by atoms with Crippen LogP contribution in [0.3, 0.4) is 0 Å². The zero-order valence-corrected chi connectivity index (χ0v) is 12.2. The van der Waals surface area contributed by atoms with E-state index < -0.39 is 4.92 Å². The summed E-state index contributed by atoms with van der Waals surface area (Å²) in [7, 11) is 0. The van der Waals surface area contributed by atoms with Gasteiger partial charge in [0, 0.05) is 29.2 Å². The van der Waals surface area contributed by atoms with Gasteiger partial charge in [-0.05, 0) is 18.2 Å². The molecule has 2 aromatic carbocycles. The first-order valence-corrected chi connectivity index (χ1v) is 7.03. The van der Waals surface area contributed by atoms with E-state index in [0.717, 1.165) is 10.9 Å². The number of nitro benzene ring substituents is 1. The van der Waals surface area contributed by atoms with Crippen LogP contribution in [0.5, 0.6) is 0 Å². The molecule has 0 saturated heterocycles. The Labute approximate surface area is 132 Å². The van der Waals surface area contributed by atoms with Crippen LogP contribution in [0, 0.1) is 10.1 Å². The molecule has 0 fully saturated rings. The van der Waals surface area contributed by atoms with Crippen molar-refractivity contribution in [1.82, 2.24) is 9.97 Å². The molecule has 2 heterocycles. The second-order valence-electron chi connectivity index (χ2n) is 4.81. The van der Waals surface area contributed by atoms with Crippen LogP contribution in [0.1, 0.15) is 0 Å². The number of fused-ring (bicyclic) bond motifs is 2. The molecule has 0 unspecified atom stereocenters. The summed E-state index contributed by atoms with van der Waals surface area (Å²) in [6.07, 6.45) is 3.36. The Bertz CT molecular complexity index is 899.